The molecule has 1 saturated heterocycles. The van der Waals surface area contributed by atoms with Gasteiger partial charge in [-0.15, -0.1) is 11.8 Å². The summed E-state index contributed by atoms with van der Waals surface area (Å²) in [5.41, 5.74) is 0. The Morgan fingerprint density at radius 1 is 1.41 bits per heavy atom. The number of hydrogen-bond acceptors (Lipinski definition) is 3. The third-order valence-electron chi connectivity index (χ3n) is 2.61. The van der Waals surface area contributed by atoms with E-state index in [1.54, 1.807) is 16.7 Å². The van der Waals surface area contributed by atoms with Crippen molar-refractivity contribution in [3.63, 3.8) is 0 Å². The van der Waals surface area contributed by atoms with Crippen LogP contribution < -0.4 is 0 Å². The lowest BCUT2D eigenvalue weighted by molar-refractivity contribution is -0.140. The number of likely N-dealkylation sites (tertiary alicyclic amines) is 1. The van der Waals surface area contributed by atoms with Gasteiger partial charge in [0.25, 0.3) is 0 Å². The van der Waals surface area contributed by atoms with Crippen LogP contribution in [-0.4, -0.2) is 40.9 Å². The number of hydrogen-bond donors (Lipinski definition) is 1. The Labute approximate surface area is 110 Å². The van der Waals surface area contributed by atoms with Gasteiger partial charge in [-0.05, 0) is 24.3 Å². The molecule has 2 rings (SSSR count). The fourth-order valence-corrected chi connectivity index (χ4v) is 2.57. The highest BCUT2D eigenvalue weighted by Gasteiger charge is 2.27. The predicted molar refractivity (Wildman–Crippen MR) is 69.4 cm³/mol. The highest BCUT2D eigenvalue weighted by atomic mass is 35.5. The van der Waals surface area contributed by atoms with E-state index in [0.717, 1.165) is 15.7 Å². The van der Waals surface area contributed by atoms with Crippen LogP contribution in [0.2, 0.25) is 5.02 Å². The van der Waals surface area contributed by atoms with Crippen LogP contribution in [0.1, 0.15) is 6.42 Å². The molecule has 5 heteroatoms. The summed E-state index contributed by atoms with van der Waals surface area (Å²) in [7, 11) is 0. The topological polar surface area (TPSA) is 40.5 Å². The number of amides is 1. The maximum atomic E-state index is 11.6. The maximum absolute atomic E-state index is 11.6. The average Bonchev–Trinajstić information content (AvgIpc) is 2.27. The summed E-state index contributed by atoms with van der Waals surface area (Å²) in [6.45, 7) is 0.981. The van der Waals surface area contributed by atoms with E-state index in [1.165, 1.54) is 0 Å². The summed E-state index contributed by atoms with van der Waals surface area (Å²) in [6.07, 6.45) is 0.197. The molecule has 1 N–H and O–H groups in total. The molecule has 1 heterocycles. The minimum absolute atomic E-state index is 0.122. The molecule has 0 aromatic heterocycles. The normalized spacial score (nSPS) is 15.8. The molecule has 0 aliphatic carbocycles. The second kappa shape index (κ2) is 5.76. The van der Waals surface area contributed by atoms with Crippen molar-refractivity contribution in [3.8, 4) is 0 Å². The fraction of sp³-hybridized carbons (Fsp3) is 0.417. The van der Waals surface area contributed by atoms with Crippen LogP contribution in [0.5, 0.6) is 0 Å². The first kappa shape index (κ1) is 12.7. The van der Waals surface area contributed by atoms with Crippen molar-refractivity contribution in [2.75, 3.05) is 18.8 Å². The molecule has 0 unspecified atom stereocenters. The number of nitrogens with zero attached hydrogens (tertiary/aromatic N) is 1. The minimum atomic E-state index is -0.317. The van der Waals surface area contributed by atoms with Gasteiger partial charge < -0.3 is 10.0 Å². The van der Waals surface area contributed by atoms with E-state index in [2.05, 4.69) is 0 Å². The first-order valence-corrected chi connectivity index (χ1v) is 6.86. The van der Waals surface area contributed by atoms with Gasteiger partial charge in [0.2, 0.25) is 5.91 Å². The zero-order valence-electron chi connectivity index (χ0n) is 9.30. The standard InChI is InChI=1S/C12H14ClNO2S/c13-9-1-3-11(4-2-9)17-6-5-12(16)14-7-10(15)8-14/h1-4,10,15H,5-8H2. The number of benzene rings is 1. The number of β-amino-alcohol motifs (C(OH)–C–C–N with tert-alkyl or cyclic N) is 1. The predicted octanol–water partition coefficient (Wildman–Crippen LogP) is 2.03. The lowest BCUT2D eigenvalue weighted by Gasteiger charge is -2.35. The average molecular weight is 272 g/mol. The fourth-order valence-electron chi connectivity index (χ4n) is 1.60. The molecular weight excluding hydrogens is 258 g/mol. The largest absolute Gasteiger partial charge is 0.389 e. The Morgan fingerprint density at radius 3 is 2.65 bits per heavy atom. The van der Waals surface area contributed by atoms with Gasteiger partial charge in [0, 0.05) is 35.2 Å². The van der Waals surface area contributed by atoms with Gasteiger partial charge in [-0.1, -0.05) is 11.6 Å². The quantitative estimate of drug-likeness (QED) is 0.852. The van der Waals surface area contributed by atoms with Crippen LogP contribution in [0.3, 0.4) is 0 Å². The molecule has 0 atom stereocenters. The Balaban J connectivity index is 1.69. The van der Waals surface area contributed by atoms with Crippen LogP contribution in [-0.2, 0) is 4.79 Å². The van der Waals surface area contributed by atoms with Gasteiger partial charge in [0.1, 0.15) is 0 Å². The molecule has 0 radical (unpaired) electrons. The summed E-state index contributed by atoms with van der Waals surface area (Å²) in [4.78, 5) is 14.4. The second-order valence-electron chi connectivity index (χ2n) is 4.00. The van der Waals surface area contributed by atoms with Crippen molar-refractivity contribution >= 4 is 29.3 Å². The molecule has 1 aromatic rings. The van der Waals surface area contributed by atoms with Crippen LogP contribution in [0.25, 0.3) is 0 Å². The maximum Gasteiger partial charge on any atom is 0.223 e. The van der Waals surface area contributed by atoms with Gasteiger partial charge in [-0.3, -0.25) is 4.79 Å². The van der Waals surface area contributed by atoms with Gasteiger partial charge in [0.15, 0.2) is 0 Å². The molecule has 0 saturated carbocycles. The smallest absolute Gasteiger partial charge is 0.223 e. The Hall–Kier alpha value is -0.710. The zero-order chi connectivity index (χ0) is 12.3. The number of carbonyl (C=O) groups is 1. The van der Waals surface area contributed by atoms with E-state index in [-0.39, 0.29) is 12.0 Å². The highest BCUT2D eigenvalue weighted by Crippen LogP contribution is 2.21. The molecular formula is C12H14ClNO2S. The van der Waals surface area contributed by atoms with Crippen LogP contribution in [0, 0.1) is 0 Å². The number of aliphatic hydroxyl groups excluding tert-OH is 1. The lowest BCUT2D eigenvalue weighted by atomic mass is 10.1. The van der Waals surface area contributed by atoms with Gasteiger partial charge in [-0.25, -0.2) is 0 Å². The van der Waals surface area contributed by atoms with Gasteiger partial charge in [0.05, 0.1) is 6.10 Å². The van der Waals surface area contributed by atoms with E-state index >= 15 is 0 Å². The molecule has 0 bridgehead atoms. The Kier molecular flexibility index (Phi) is 4.31. The number of carbonyl (C=O) groups excluding carboxylic acids is 1. The van der Waals surface area contributed by atoms with E-state index in [1.807, 2.05) is 24.3 Å². The SMILES string of the molecule is O=C(CCSc1ccc(Cl)cc1)N1CC(O)C1. The number of aliphatic hydroxyl groups is 1. The molecule has 1 fully saturated rings. The third-order valence-corrected chi connectivity index (χ3v) is 3.88. The molecule has 1 aliphatic heterocycles. The molecule has 1 aliphatic rings. The van der Waals surface area contributed by atoms with E-state index < -0.39 is 0 Å². The molecule has 92 valence electrons. The number of thioether (sulfide) groups is 1. The van der Waals surface area contributed by atoms with Crippen LogP contribution in [0.4, 0.5) is 0 Å². The monoisotopic (exact) mass is 271 g/mol. The third kappa shape index (κ3) is 3.63. The van der Waals surface area contributed by atoms with Crippen molar-refractivity contribution in [1.82, 2.24) is 4.90 Å². The van der Waals surface area contributed by atoms with Crippen molar-refractivity contribution in [2.24, 2.45) is 0 Å². The second-order valence-corrected chi connectivity index (χ2v) is 5.61. The van der Waals surface area contributed by atoms with Crippen molar-refractivity contribution in [2.45, 2.75) is 17.4 Å². The molecule has 3 nitrogen and oxygen atoms in total. The van der Waals surface area contributed by atoms with Crippen molar-refractivity contribution in [1.29, 1.82) is 0 Å². The van der Waals surface area contributed by atoms with E-state index in [9.17, 15) is 4.79 Å². The lowest BCUT2D eigenvalue weighted by Crippen LogP contribution is -2.53. The first-order valence-electron chi connectivity index (χ1n) is 5.49. The molecule has 17 heavy (non-hydrogen) atoms. The van der Waals surface area contributed by atoms with E-state index in [4.69, 9.17) is 16.7 Å². The van der Waals surface area contributed by atoms with Gasteiger partial charge in [-0.2, -0.15) is 0 Å². The minimum Gasteiger partial charge on any atom is -0.389 e. The van der Waals surface area contributed by atoms with Crippen LogP contribution >= 0.6 is 23.4 Å². The summed E-state index contributed by atoms with van der Waals surface area (Å²) in [5, 5.41) is 9.81. The molecule has 1 amide bonds. The summed E-state index contributed by atoms with van der Waals surface area (Å²) in [6, 6.07) is 7.59. The molecule has 0 spiro atoms. The van der Waals surface area contributed by atoms with Crippen molar-refractivity contribution in [3.05, 3.63) is 29.3 Å². The van der Waals surface area contributed by atoms with Crippen LogP contribution in [0.15, 0.2) is 29.2 Å². The van der Waals surface area contributed by atoms with Gasteiger partial charge >= 0.3 is 0 Å². The zero-order valence-corrected chi connectivity index (χ0v) is 10.9. The Morgan fingerprint density at radius 2 is 2.06 bits per heavy atom. The number of rotatable bonds is 4. The first-order chi connectivity index (χ1) is 8.15. The highest BCUT2D eigenvalue weighted by molar-refractivity contribution is 7.99. The summed E-state index contributed by atoms with van der Waals surface area (Å²) < 4.78 is 0. The van der Waals surface area contributed by atoms with Crippen molar-refractivity contribution < 1.29 is 9.90 Å². The molecule has 1 aromatic carbocycles. The summed E-state index contributed by atoms with van der Waals surface area (Å²) in [5.74, 6) is 0.879. The number of halogens is 1. The Bertz CT molecular complexity index is 390. The summed E-state index contributed by atoms with van der Waals surface area (Å²) >= 11 is 7.43. The van der Waals surface area contributed by atoms with E-state index in [0.29, 0.717) is 19.5 Å².